The van der Waals surface area contributed by atoms with E-state index >= 15 is 0 Å². The highest BCUT2D eigenvalue weighted by Crippen LogP contribution is 2.44. The van der Waals surface area contributed by atoms with Gasteiger partial charge in [0.2, 0.25) is 0 Å². The van der Waals surface area contributed by atoms with Gasteiger partial charge in [0, 0.05) is 6.42 Å². The Morgan fingerprint density at radius 3 is 2.55 bits per heavy atom. The molecule has 0 aliphatic heterocycles. The van der Waals surface area contributed by atoms with Crippen molar-refractivity contribution in [1.82, 2.24) is 0 Å². The summed E-state index contributed by atoms with van der Waals surface area (Å²) in [5.41, 5.74) is 1.14. The molecule has 1 fully saturated rings. The van der Waals surface area contributed by atoms with Gasteiger partial charge in [-0.1, -0.05) is 25.1 Å². The van der Waals surface area contributed by atoms with Crippen LogP contribution >= 0.6 is 0 Å². The van der Waals surface area contributed by atoms with Gasteiger partial charge in [0.05, 0.1) is 19.8 Å². The Hall–Kier alpha value is -2.57. The Morgan fingerprint density at radius 1 is 1.12 bits per heavy atom. The number of hydrogen-bond donors (Lipinski definition) is 0. The first kappa shape index (κ1) is 25.1. The number of benzene rings is 2. The average Bonchev–Trinajstić information content (AvgIpc) is 3.25. The molecule has 0 radical (unpaired) electrons. The Labute approximate surface area is 192 Å². The summed E-state index contributed by atoms with van der Waals surface area (Å²) in [4.78, 5) is 11.4. The topological polar surface area (TPSA) is 35.5 Å². The number of carbonyl (C=O) groups excluding carboxylic acids is 1. The van der Waals surface area contributed by atoms with Crippen LogP contribution in [0.4, 0.5) is 17.6 Å². The van der Waals surface area contributed by atoms with E-state index in [1.807, 2.05) is 0 Å². The van der Waals surface area contributed by atoms with E-state index in [2.05, 4.69) is 11.7 Å². The second-order valence-electron chi connectivity index (χ2n) is 8.90. The highest BCUT2D eigenvalue weighted by molar-refractivity contribution is 5.69. The maximum atomic E-state index is 13.7. The third-order valence-electron chi connectivity index (χ3n) is 6.71. The third kappa shape index (κ3) is 6.27. The van der Waals surface area contributed by atoms with E-state index in [0.29, 0.717) is 11.5 Å². The molecule has 7 heteroatoms. The fourth-order valence-corrected chi connectivity index (χ4v) is 4.88. The van der Waals surface area contributed by atoms with Gasteiger partial charge in [0.25, 0.3) is 0 Å². The van der Waals surface area contributed by atoms with Crippen LogP contribution < -0.4 is 4.74 Å². The van der Waals surface area contributed by atoms with Gasteiger partial charge >= 0.3 is 12.1 Å². The summed E-state index contributed by atoms with van der Waals surface area (Å²) in [6.45, 7) is 2.08. The number of aryl methyl sites for hydroxylation is 1. The van der Waals surface area contributed by atoms with E-state index < -0.39 is 23.5 Å². The van der Waals surface area contributed by atoms with Crippen LogP contribution in [0.5, 0.6) is 5.75 Å². The molecule has 0 spiro atoms. The lowest BCUT2D eigenvalue weighted by Gasteiger charge is -2.19. The number of methoxy groups -OCH3 is 2. The summed E-state index contributed by atoms with van der Waals surface area (Å²) in [5.74, 6) is -0.0657. The van der Waals surface area contributed by atoms with E-state index in [9.17, 15) is 22.4 Å². The van der Waals surface area contributed by atoms with Gasteiger partial charge in [-0.3, -0.25) is 4.79 Å². The molecular weight excluding hydrogens is 436 g/mol. The van der Waals surface area contributed by atoms with Crippen molar-refractivity contribution in [2.24, 2.45) is 5.92 Å². The fourth-order valence-electron chi connectivity index (χ4n) is 4.88. The van der Waals surface area contributed by atoms with Gasteiger partial charge in [-0.2, -0.15) is 13.2 Å². The molecular formula is C26H30F4O3. The number of carbonyl (C=O) groups is 1. The van der Waals surface area contributed by atoms with Gasteiger partial charge < -0.3 is 9.47 Å². The molecule has 0 bridgehead atoms. The van der Waals surface area contributed by atoms with E-state index in [-0.39, 0.29) is 36.0 Å². The van der Waals surface area contributed by atoms with Gasteiger partial charge in [-0.25, -0.2) is 4.39 Å². The number of halogens is 4. The van der Waals surface area contributed by atoms with Crippen LogP contribution in [-0.2, 0) is 22.1 Å². The van der Waals surface area contributed by atoms with Crippen molar-refractivity contribution >= 4 is 5.97 Å². The molecule has 1 aliphatic carbocycles. The summed E-state index contributed by atoms with van der Waals surface area (Å²) >= 11 is 0. The Balaban J connectivity index is 1.69. The first-order valence-corrected chi connectivity index (χ1v) is 11.2. The summed E-state index contributed by atoms with van der Waals surface area (Å²) < 4.78 is 64.4. The molecule has 0 heterocycles. The number of esters is 1. The van der Waals surface area contributed by atoms with Crippen LogP contribution in [-0.4, -0.2) is 20.2 Å². The van der Waals surface area contributed by atoms with Crippen molar-refractivity contribution in [3.8, 4) is 5.75 Å². The fraction of sp³-hybridized carbons (Fsp3) is 0.500. The van der Waals surface area contributed by atoms with Gasteiger partial charge in [-0.05, 0) is 84.7 Å². The molecule has 180 valence electrons. The molecule has 0 saturated heterocycles. The molecule has 3 nitrogen and oxygen atoms in total. The SMILES string of the molecule is COC(=O)CCc1ccc([C@H]2CC[C@@H](C[C@H](C)c3ccc(F)c(OC)c3)C2)cc1C(F)(F)F. The normalized spacial score (nSPS) is 19.4. The zero-order chi connectivity index (χ0) is 24.2. The first-order valence-electron chi connectivity index (χ1n) is 11.2. The first-order chi connectivity index (χ1) is 15.6. The Morgan fingerprint density at radius 2 is 1.88 bits per heavy atom. The zero-order valence-corrected chi connectivity index (χ0v) is 19.2. The lowest BCUT2D eigenvalue weighted by atomic mass is 9.87. The largest absolute Gasteiger partial charge is 0.494 e. The summed E-state index contributed by atoms with van der Waals surface area (Å²) in [6.07, 6.45) is -1.09. The predicted molar refractivity (Wildman–Crippen MR) is 118 cm³/mol. The van der Waals surface area contributed by atoms with E-state index in [1.165, 1.54) is 32.4 Å². The average molecular weight is 467 g/mol. The van der Waals surface area contributed by atoms with Crippen molar-refractivity contribution in [3.05, 3.63) is 64.5 Å². The quantitative estimate of drug-likeness (QED) is 0.309. The lowest BCUT2D eigenvalue weighted by Crippen LogP contribution is -2.12. The molecule has 0 N–H and O–H groups in total. The summed E-state index contributed by atoms with van der Waals surface area (Å²) in [7, 11) is 2.66. The van der Waals surface area contributed by atoms with Crippen molar-refractivity contribution in [2.45, 2.75) is 63.5 Å². The van der Waals surface area contributed by atoms with Gasteiger partial charge in [-0.15, -0.1) is 0 Å². The molecule has 3 rings (SSSR count). The molecule has 2 aromatic rings. The number of ether oxygens (including phenoxy) is 2. The smallest absolute Gasteiger partial charge is 0.416 e. The minimum Gasteiger partial charge on any atom is -0.494 e. The Kier molecular flexibility index (Phi) is 8.03. The van der Waals surface area contributed by atoms with Crippen LogP contribution in [0.15, 0.2) is 36.4 Å². The molecule has 1 saturated carbocycles. The number of hydrogen-bond acceptors (Lipinski definition) is 3. The molecule has 0 amide bonds. The molecule has 1 aliphatic rings. The predicted octanol–water partition coefficient (Wildman–Crippen LogP) is 7.04. The van der Waals surface area contributed by atoms with Crippen molar-refractivity contribution in [3.63, 3.8) is 0 Å². The maximum Gasteiger partial charge on any atom is 0.416 e. The number of rotatable bonds is 8. The van der Waals surface area contributed by atoms with Gasteiger partial charge in [0.15, 0.2) is 11.6 Å². The highest BCUT2D eigenvalue weighted by atomic mass is 19.4. The molecule has 2 aromatic carbocycles. The third-order valence-corrected chi connectivity index (χ3v) is 6.71. The van der Waals surface area contributed by atoms with E-state index in [0.717, 1.165) is 31.2 Å². The molecule has 0 aromatic heterocycles. The van der Waals surface area contributed by atoms with Crippen LogP contribution in [0.1, 0.15) is 73.1 Å². The van der Waals surface area contributed by atoms with Crippen LogP contribution in [0.2, 0.25) is 0 Å². The van der Waals surface area contributed by atoms with Crippen LogP contribution in [0.25, 0.3) is 0 Å². The second-order valence-corrected chi connectivity index (χ2v) is 8.90. The number of alkyl halides is 3. The van der Waals surface area contributed by atoms with Gasteiger partial charge in [0.1, 0.15) is 0 Å². The van der Waals surface area contributed by atoms with Crippen molar-refractivity contribution in [1.29, 1.82) is 0 Å². The van der Waals surface area contributed by atoms with Crippen molar-refractivity contribution in [2.75, 3.05) is 14.2 Å². The van der Waals surface area contributed by atoms with Crippen molar-refractivity contribution < 1.29 is 31.8 Å². The maximum absolute atomic E-state index is 13.7. The monoisotopic (exact) mass is 466 g/mol. The molecule has 0 unspecified atom stereocenters. The minimum absolute atomic E-state index is 0.00621. The standard InChI is InChI=1S/C26H30F4O3/c1-16(19-8-10-23(27)24(15-19)32-2)12-17-4-5-20(13-17)21-7-6-18(9-11-25(31)33-3)22(14-21)26(28,29)30/h6-8,10,14-17,20H,4-5,9,11-13H2,1-3H3/t16-,17-,20-/m0/s1. The second kappa shape index (κ2) is 10.6. The lowest BCUT2D eigenvalue weighted by molar-refractivity contribution is -0.142. The molecule has 33 heavy (non-hydrogen) atoms. The summed E-state index contributed by atoms with van der Waals surface area (Å²) in [6, 6.07) is 9.41. The molecule has 3 atom stereocenters. The highest BCUT2D eigenvalue weighted by Gasteiger charge is 2.35. The van der Waals surface area contributed by atoms with E-state index in [1.54, 1.807) is 18.2 Å². The minimum atomic E-state index is -4.48. The summed E-state index contributed by atoms with van der Waals surface area (Å²) in [5, 5.41) is 0. The Bertz CT molecular complexity index is 970. The van der Waals surface area contributed by atoms with Crippen LogP contribution in [0.3, 0.4) is 0 Å². The van der Waals surface area contributed by atoms with Crippen LogP contribution in [0, 0.1) is 11.7 Å². The zero-order valence-electron chi connectivity index (χ0n) is 19.2. The van der Waals surface area contributed by atoms with E-state index in [4.69, 9.17) is 4.74 Å².